The molecule has 0 amide bonds. The van der Waals surface area contributed by atoms with E-state index in [2.05, 4.69) is 44.8 Å². The van der Waals surface area contributed by atoms with Crippen molar-refractivity contribution in [1.29, 1.82) is 0 Å². The molecular weight excluding hydrogens is 172 g/mol. The average Bonchev–Trinajstić information content (AvgIpc) is 2.18. The first kappa shape index (κ1) is 12.0. The van der Waals surface area contributed by atoms with Gasteiger partial charge in [-0.25, -0.2) is 0 Å². The van der Waals surface area contributed by atoms with E-state index in [1.165, 1.54) is 19.4 Å². The number of rotatable bonds is 3. The zero-order chi connectivity index (χ0) is 10.8. The third-order valence-electron chi connectivity index (χ3n) is 3.68. The minimum absolute atomic E-state index is 0.329. The van der Waals surface area contributed by atoms with Gasteiger partial charge in [0.05, 0.1) is 0 Å². The summed E-state index contributed by atoms with van der Waals surface area (Å²) in [7, 11) is 0. The number of piperazine rings is 1. The first-order chi connectivity index (χ1) is 6.52. The molecule has 0 spiro atoms. The van der Waals surface area contributed by atoms with Gasteiger partial charge in [-0.3, -0.25) is 4.90 Å². The van der Waals surface area contributed by atoms with Crippen LogP contribution in [0.4, 0.5) is 0 Å². The monoisotopic (exact) mass is 198 g/mol. The lowest BCUT2D eigenvalue weighted by atomic mass is 9.92. The second kappa shape index (κ2) is 4.63. The van der Waals surface area contributed by atoms with Crippen molar-refractivity contribution in [2.24, 2.45) is 0 Å². The molecule has 1 N–H and O–H groups in total. The highest BCUT2D eigenvalue weighted by Crippen LogP contribution is 2.22. The number of nitrogens with zero attached hydrogens (tertiary/aromatic N) is 1. The highest BCUT2D eigenvalue weighted by Gasteiger charge is 2.34. The van der Waals surface area contributed by atoms with E-state index in [0.29, 0.717) is 11.6 Å². The van der Waals surface area contributed by atoms with Crippen LogP contribution in [-0.4, -0.2) is 35.6 Å². The third-order valence-corrected chi connectivity index (χ3v) is 3.68. The van der Waals surface area contributed by atoms with Gasteiger partial charge in [0, 0.05) is 30.7 Å². The van der Waals surface area contributed by atoms with Crippen molar-refractivity contribution < 1.29 is 0 Å². The summed E-state index contributed by atoms with van der Waals surface area (Å²) < 4.78 is 0. The minimum Gasteiger partial charge on any atom is -0.309 e. The molecular formula is C12H26N2. The van der Waals surface area contributed by atoms with Crippen LogP contribution >= 0.6 is 0 Å². The first-order valence-corrected chi connectivity index (χ1v) is 6.03. The van der Waals surface area contributed by atoms with Crippen LogP contribution < -0.4 is 5.32 Å². The molecule has 0 aromatic carbocycles. The van der Waals surface area contributed by atoms with Crippen LogP contribution in [0.1, 0.15) is 47.5 Å². The lowest BCUT2D eigenvalue weighted by molar-refractivity contribution is 0.0561. The molecule has 0 radical (unpaired) electrons. The van der Waals surface area contributed by atoms with Crippen molar-refractivity contribution in [3.05, 3.63) is 0 Å². The maximum Gasteiger partial charge on any atom is 0.0278 e. The molecule has 1 aliphatic heterocycles. The van der Waals surface area contributed by atoms with Gasteiger partial charge in [0.15, 0.2) is 0 Å². The zero-order valence-corrected chi connectivity index (χ0v) is 10.4. The van der Waals surface area contributed by atoms with Crippen LogP contribution in [-0.2, 0) is 0 Å². The molecule has 2 unspecified atom stereocenters. The summed E-state index contributed by atoms with van der Waals surface area (Å²) >= 11 is 0. The topological polar surface area (TPSA) is 15.3 Å². The lowest BCUT2D eigenvalue weighted by Crippen LogP contribution is -2.63. The van der Waals surface area contributed by atoms with Crippen LogP contribution in [0.3, 0.4) is 0 Å². The maximum atomic E-state index is 3.69. The Morgan fingerprint density at radius 1 is 1.43 bits per heavy atom. The molecule has 1 rings (SSSR count). The fraction of sp³-hybridized carbons (Fsp3) is 1.00. The van der Waals surface area contributed by atoms with Gasteiger partial charge < -0.3 is 5.32 Å². The predicted octanol–water partition coefficient (Wildman–Crippen LogP) is 2.25. The average molecular weight is 198 g/mol. The largest absolute Gasteiger partial charge is 0.309 e. The van der Waals surface area contributed by atoms with Gasteiger partial charge in [-0.1, -0.05) is 13.8 Å². The van der Waals surface area contributed by atoms with E-state index in [1.54, 1.807) is 0 Å². The van der Waals surface area contributed by atoms with Crippen molar-refractivity contribution >= 4 is 0 Å². The van der Waals surface area contributed by atoms with Crippen molar-refractivity contribution in [3.63, 3.8) is 0 Å². The van der Waals surface area contributed by atoms with Gasteiger partial charge in [-0.2, -0.15) is 0 Å². The minimum atomic E-state index is 0.329. The zero-order valence-electron chi connectivity index (χ0n) is 10.4. The SMILES string of the molecule is CCC1CNC(C)(CC)CN1C(C)C. The van der Waals surface area contributed by atoms with Crippen molar-refractivity contribution in [2.75, 3.05) is 13.1 Å². The molecule has 0 bridgehead atoms. The van der Waals surface area contributed by atoms with Gasteiger partial charge >= 0.3 is 0 Å². The summed E-state index contributed by atoms with van der Waals surface area (Å²) in [5.41, 5.74) is 0.329. The molecule has 0 aromatic heterocycles. The molecule has 1 heterocycles. The Labute approximate surface area is 89.1 Å². The van der Waals surface area contributed by atoms with E-state index >= 15 is 0 Å². The van der Waals surface area contributed by atoms with Crippen LogP contribution in [0.5, 0.6) is 0 Å². The molecule has 0 aliphatic carbocycles. The predicted molar refractivity (Wildman–Crippen MR) is 62.6 cm³/mol. The maximum absolute atomic E-state index is 3.69. The lowest BCUT2D eigenvalue weighted by Gasteiger charge is -2.47. The number of hydrogen-bond acceptors (Lipinski definition) is 2. The van der Waals surface area contributed by atoms with E-state index in [0.717, 1.165) is 12.6 Å². The highest BCUT2D eigenvalue weighted by atomic mass is 15.3. The van der Waals surface area contributed by atoms with E-state index < -0.39 is 0 Å². The van der Waals surface area contributed by atoms with E-state index in [4.69, 9.17) is 0 Å². The molecule has 0 saturated carbocycles. The Morgan fingerprint density at radius 2 is 2.07 bits per heavy atom. The Hall–Kier alpha value is -0.0800. The highest BCUT2D eigenvalue weighted by molar-refractivity contribution is 4.94. The quantitative estimate of drug-likeness (QED) is 0.748. The Bertz CT molecular complexity index is 179. The Kier molecular flexibility index (Phi) is 3.96. The molecule has 1 saturated heterocycles. The van der Waals surface area contributed by atoms with Gasteiger partial charge in [0.2, 0.25) is 0 Å². The van der Waals surface area contributed by atoms with Crippen LogP contribution in [0.2, 0.25) is 0 Å². The van der Waals surface area contributed by atoms with Gasteiger partial charge in [0.1, 0.15) is 0 Å². The number of hydrogen-bond donors (Lipinski definition) is 1. The fourth-order valence-corrected chi connectivity index (χ4v) is 2.29. The smallest absolute Gasteiger partial charge is 0.0278 e. The Balaban J connectivity index is 2.66. The van der Waals surface area contributed by atoms with Gasteiger partial charge in [-0.05, 0) is 33.6 Å². The molecule has 14 heavy (non-hydrogen) atoms. The summed E-state index contributed by atoms with van der Waals surface area (Å²) in [6.07, 6.45) is 2.47. The van der Waals surface area contributed by atoms with Crippen molar-refractivity contribution in [3.8, 4) is 0 Å². The summed E-state index contributed by atoms with van der Waals surface area (Å²) in [6.45, 7) is 13.9. The van der Waals surface area contributed by atoms with Crippen LogP contribution in [0, 0.1) is 0 Å². The van der Waals surface area contributed by atoms with Gasteiger partial charge in [0.25, 0.3) is 0 Å². The standard InChI is InChI=1S/C12H26N2/c1-6-11-8-13-12(5,7-2)9-14(11)10(3)4/h10-11,13H,6-9H2,1-5H3. The van der Waals surface area contributed by atoms with Crippen LogP contribution in [0.15, 0.2) is 0 Å². The molecule has 1 aliphatic rings. The normalized spacial score (nSPS) is 35.1. The Morgan fingerprint density at radius 3 is 2.50 bits per heavy atom. The van der Waals surface area contributed by atoms with E-state index in [-0.39, 0.29) is 0 Å². The van der Waals surface area contributed by atoms with Crippen LogP contribution in [0.25, 0.3) is 0 Å². The third kappa shape index (κ3) is 2.48. The summed E-state index contributed by atoms with van der Waals surface area (Å²) in [4.78, 5) is 2.65. The number of nitrogens with one attached hydrogen (secondary N) is 1. The van der Waals surface area contributed by atoms with E-state index in [1.807, 2.05) is 0 Å². The molecule has 2 nitrogen and oxygen atoms in total. The second-order valence-electron chi connectivity index (χ2n) is 5.12. The van der Waals surface area contributed by atoms with Crippen molar-refractivity contribution in [2.45, 2.75) is 65.1 Å². The second-order valence-corrected chi connectivity index (χ2v) is 5.12. The molecule has 2 atom stereocenters. The fourth-order valence-electron chi connectivity index (χ4n) is 2.29. The summed E-state index contributed by atoms with van der Waals surface area (Å²) in [5.74, 6) is 0. The summed E-state index contributed by atoms with van der Waals surface area (Å²) in [6, 6.07) is 1.41. The molecule has 1 fully saturated rings. The van der Waals surface area contributed by atoms with Gasteiger partial charge in [-0.15, -0.1) is 0 Å². The van der Waals surface area contributed by atoms with E-state index in [9.17, 15) is 0 Å². The summed E-state index contributed by atoms with van der Waals surface area (Å²) in [5, 5.41) is 3.69. The first-order valence-electron chi connectivity index (χ1n) is 6.03. The van der Waals surface area contributed by atoms with Crippen molar-refractivity contribution in [1.82, 2.24) is 10.2 Å². The molecule has 84 valence electrons. The molecule has 0 aromatic rings. The molecule has 2 heteroatoms.